The third-order valence-electron chi connectivity index (χ3n) is 7.13. The van der Waals surface area contributed by atoms with Crippen molar-refractivity contribution in [3.8, 4) is 23.0 Å². The predicted molar refractivity (Wildman–Crippen MR) is 135 cm³/mol. The number of methoxy groups -OCH3 is 4. The smallest absolute Gasteiger partial charge is 0.227 e. The van der Waals surface area contributed by atoms with Gasteiger partial charge in [0.2, 0.25) is 5.91 Å². The van der Waals surface area contributed by atoms with Crippen LogP contribution in [-0.2, 0) is 24.1 Å². The highest BCUT2D eigenvalue weighted by Crippen LogP contribution is 2.42. The molecule has 0 spiro atoms. The summed E-state index contributed by atoms with van der Waals surface area (Å²) in [6.45, 7) is 3.21. The summed E-state index contributed by atoms with van der Waals surface area (Å²) in [6, 6.07) is 8.12. The zero-order valence-electron chi connectivity index (χ0n) is 21.5. The first-order valence-electron chi connectivity index (χ1n) is 12.2. The standard InChI is InChI=1S/C27H37N3O5/c1-29(28-17-21-11-20-14-25(34-4)26(35-5)16-22(20)21)8-6-9-30-10-7-18-12-23(32-2)24(33-3)13-19(18)15-27(30)31/h12-14,16,21,28H,6-11,15,17H2,1-5H3/t21-/m1/s1. The summed E-state index contributed by atoms with van der Waals surface area (Å²) in [4.78, 5) is 14.9. The Kier molecular flexibility index (Phi) is 8.03. The maximum absolute atomic E-state index is 12.9. The van der Waals surface area contributed by atoms with E-state index in [4.69, 9.17) is 18.9 Å². The number of hydrogen-bond acceptors (Lipinski definition) is 7. The van der Waals surface area contributed by atoms with Gasteiger partial charge in [0.25, 0.3) is 0 Å². The number of amides is 1. The molecule has 35 heavy (non-hydrogen) atoms. The zero-order chi connectivity index (χ0) is 24.9. The number of ether oxygens (including phenoxy) is 4. The molecule has 1 heterocycles. The van der Waals surface area contributed by atoms with Gasteiger partial charge in [0, 0.05) is 39.1 Å². The first kappa shape index (κ1) is 25.1. The van der Waals surface area contributed by atoms with Crippen LogP contribution in [0.3, 0.4) is 0 Å². The normalized spacial score (nSPS) is 16.8. The van der Waals surface area contributed by atoms with Crippen LogP contribution in [0.5, 0.6) is 23.0 Å². The number of fused-ring (bicyclic) bond motifs is 2. The topological polar surface area (TPSA) is 72.5 Å². The first-order valence-corrected chi connectivity index (χ1v) is 12.2. The van der Waals surface area contributed by atoms with Crippen LogP contribution in [0.2, 0.25) is 0 Å². The lowest BCUT2D eigenvalue weighted by Gasteiger charge is -2.33. The van der Waals surface area contributed by atoms with E-state index in [-0.39, 0.29) is 5.91 Å². The molecule has 190 valence electrons. The predicted octanol–water partition coefficient (Wildman–Crippen LogP) is 2.81. The Morgan fingerprint density at radius 1 is 0.914 bits per heavy atom. The van der Waals surface area contributed by atoms with E-state index >= 15 is 0 Å². The molecule has 2 aromatic carbocycles. The minimum atomic E-state index is 0.169. The summed E-state index contributed by atoms with van der Waals surface area (Å²) in [6.07, 6.45) is 3.17. The van der Waals surface area contributed by atoms with Crippen molar-refractivity contribution >= 4 is 5.91 Å². The van der Waals surface area contributed by atoms with E-state index in [1.54, 1.807) is 28.4 Å². The summed E-state index contributed by atoms with van der Waals surface area (Å²) < 4.78 is 21.7. The highest BCUT2D eigenvalue weighted by molar-refractivity contribution is 5.80. The fourth-order valence-corrected chi connectivity index (χ4v) is 5.02. The molecule has 1 aliphatic heterocycles. The van der Waals surface area contributed by atoms with Gasteiger partial charge in [0.15, 0.2) is 23.0 Å². The van der Waals surface area contributed by atoms with E-state index in [0.29, 0.717) is 23.8 Å². The lowest BCUT2D eigenvalue weighted by Crippen LogP contribution is -2.41. The third kappa shape index (κ3) is 5.49. The van der Waals surface area contributed by atoms with Gasteiger partial charge < -0.3 is 23.8 Å². The summed E-state index contributed by atoms with van der Waals surface area (Å²) in [5, 5.41) is 2.13. The van der Waals surface area contributed by atoms with Gasteiger partial charge in [-0.05, 0) is 65.8 Å². The van der Waals surface area contributed by atoms with E-state index < -0.39 is 0 Å². The van der Waals surface area contributed by atoms with Gasteiger partial charge in [-0.3, -0.25) is 10.2 Å². The monoisotopic (exact) mass is 483 g/mol. The van der Waals surface area contributed by atoms with Crippen LogP contribution in [0.1, 0.15) is 34.6 Å². The van der Waals surface area contributed by atoms with Crippen LogP contribution in [0.25, 0.3) is 0 Å². The van der Waals surface area contributed by atoms with Crippen molar-refractivity contribution in [2.24, 2.45) is 0 Å². The minimum Gasteiger partial charge on any atom is -0.493 e. The second kappa shape index (κ2) is 11.2. The fourth-order valence-electron chi connectivity index (χ4n) is 5.02. The van der Waals surface area contributed by atoms with E-state index in [0.717, 1.165) is 68.1 Å². The Morgan fingerprint density at radius 3 is 2.17 bits per heavy atom. The molecule has 8 heteroatoms. The van der Waals surface area contributed by atoms with Gasteiger partial charge in [-0.1, -0.05) is 0 Å². The maximum Gasteiger partial charge on any atom is 0.227 e. The van der Waals surface area contributed by atoms with Crippen LogP contribution in [0.15, 0.2) is 24.3 Å². The number of carbonyl (C=O) groups excluding carboxylic acids is 1. The molecule has 4 rings (SSSR count). The van der Waals surface area contributed by atoms with Gasteiger partial charge >= 0.3 is 0 Å². The molecule has 0 radical (unpaired) electrons. The highest BCUT2D eigenvalue weighted by Gasteiger charge is 2.28. The minimum absolute atomic E-state index is 0.169. The Bertz CT molecular complexity index is 1060. The van der Waals surface area contributed by atoms with Crippen LogP contribution in [-0.4, -0.2) is 77.5 Å². The van der Waals surface area contributed by atoms with Crippen molar-refractivity contribution in [1.29, 1.82) is 0 Å². The van der Waals surface area contributed by atoms with Gasteiger partial charge in [0.1, 0.15) is 0 Å². The average Bonchev–Trinajstić information content (AvgIpc) is 3.01. The number of nitrogens with one attached hydrogen (secondary N) is 1. The lowest BCUT2D eigenvalue weighted by atomic mass is 9.77. The molecule has 0 saturated heterocycles. The van der Waals surface area contributed by atoms with Crippen LogP contribution >= 0.6 is 0 Å². The van der Waals surface area contributed by atoms with Gasteiger partial charge in [-0.15, -0.1) is 0 Å². The molecule has 8 nitrogen and oxygen atoms in total. The molecule has 0 unspecified atom stereocenters. The molecule has 2 aromatic rings. The van der Waals surface area contributed by atoms with E-state index in [2.05, 4.69) is 29.6 Å². The van der Waals surface area contributed by atoms with E-state index in [1.807, 2.05) is 17.0 Å². The summed E-state index contributed by atoms with van der Waals surface area (Å²) >= 11 is 0. The molecule has 0 aromatic heterocycles. The average molecular weight is 484 g/mol. The Hall–Kier alpha value is -2.97. The summed E-state index contributed by atoms with van der Waals surface area (Å²) in [7, 11) is 8.67. The van der Waals surface area contributed by atoms with Gasteiger partial charge in [-0.2, -0.15) is 0 Å². The maximum atomic E-state index is 12.9. The number of hydrazine groups is 1. The van der Waals surface area contributed by atoms with Crippen molar-refractivity contribution in [2.75, 3.05) is 61.7 Å². The molecule has 0 fully saturated rings. The van der Waals surface area contributed by atoms with Crippen molar-refractivity contribution < 1.29 is 23.7 Å². The summed E-state index contributed by atoms with van der Waals surface area (Å²) in [5.74, 6) is 3.59. The van der Waals surface area contributed by atoms with Gasteiger partial charge in [0.05, 0.1) is 34.9 Å². The number of benzene rings is 2. The van der Waals surface area contributed by atoms with Crippen molar-refractivity contribution in [2.45, 2.75) is 31.6 Å². The number of nitrogens with zero attached hydrogens (tertiary/aromatic N) is 2. The molecular formula is C27H37N3O5. The first-order chi connectivity index (χ1) is 17.0. The number of rotatable bonds is 11. The van der Waals surface area contributed by atoms with Crippen molar-refractivity contribution in [1.82, 2.24) is 15.3 Å². The molecule has 1 aliphatic carbocycles. The molecule has 0 saturated carbocycles. The highest BCUT2D eigenvalue weighted by atomic mass is 16.5. The molecule has 1 N–H and O–H groups in total. The molecule has 0 bridgehead atoms. The zero-order valence-corrected chi connectivity index (χ0v) is 21.5. The van der Waals surface area contributed by atoms with Crippen molar-refractivity contribution in [3.05, 3.63) is 46.5 Å². The lowest BCUT2D eigenvalue weighted by molar-refractivity contribution is -0.130. The molecule has 2 aliphatic rings. The Morgan fingerprint density at radius 2 is 1.51 bits per heavy atom. The third-order valence-corrected chi connectivity index (χ3v) is 7.13. The summed E-state index contributed by atoms with van der Waals surface area (Å²) in [5.41, 5.74) is 8.37. The molecule has 1 amide bonds. The SMILES string of the molecule is COc1cc2c(cc1OC)CC(=O)N(CCCN(C)NC[C@H]1Cc3cc(OC)c(OC)cc31)CC2. The van der Waals surface area contributed by atoms with Crippen LogP contribution < -0.4 is 24.4 Å². The second-order valence-electron chi connectivity index (χ2n) is 9.23. The fraction of sp³-hybridized carbons (Fsp3) is 0.519. The number of carbonyl (C=O) groups is 1. The Balaban J connectivity index is 1.23. The van der Waals surface area contributed by atoms with Crippen LogP contribution in [0.4, 0.5) is 0 Å². The quantitative estimate of drug-likeness (QED) is 0.493. The Labute approximate surface area is 208 Å². The van der Waals surface area contributed by atoms with Crippen LogP contribution in [0, 0.1) is 0 Å². The largest absolute Gasteiger partial charge is 0.493 e. The van der Waals surface area contributed by atoms with Crippen molar-refractivity contribution in [3.63, 3.8) is 0 Å². The number of hydrogen-bond donors (Lipinski definition) is 1. The van der Waals surface area contributed by atoms with E-state index in [1.165, 1.54) is 11.1 Å². The van der Waals surface area contributed by atoms with Gasteiger partial charge in [-0.25, -0.2) is 5.01 Å². The molecular weight excluding hydrogens is 446 g/mol. The molecule has 1 atom stereocenters. The van der Waals surface area contributed by atoms with E-state index in [9.17, 15) is 4.79 Å². The second-order valence-corrected chi connectivity index (χ2v) is 9.23.